The monoisotopic (exact) mass is 731 g/mol. The van der Waals surface area contributed by atoms with Gasteiger partial charge in [-0.2, -0.15) is 0 Å². The number of halogens is 3. The number of hydrogen-bond acceptors (Lipinski definition) is 9. The quantitative estimate of drug-likeness (QED) is 0.148. The maximum atomic E-state index is 15.0. The third-order valence-electron chi connectivity index (χ3n) is 8.82. The Labute approximate surface area is 297 Å². The van der Waals surface area contributed by atoms with Crippen LogP contribution in [0.1, 0.15) is 45.3 Å². The molecule has 2 N–H and O–H groups in total. The van der Waals surface area contributed by atoms with Crippen molar-refractivity contribution in [3.8, 4) is 11.5 Å². The zero-order valence-electron chi connectivity index (χ0n) is 26.9. The number of piperidine rings is 3. The van der Waals surface area contributed by atoms with Crippen molar-refractivity contribution in [2.24, 2.45) is 5.92 Å². The molecule has 3 aliphatic heterocycles. The Morgan fingerprint density at radius 1 is 1.04 bits per heavy atom. The van der Waals surface area contributed by atoms with Gasteiger partial charge in [-0.15, -0.1) is 11.3 Å². The van der Waals surface area contributed by atoms with E-state index < -0.39 is 24.0 Å². The summed E-state index contributed by atoms with van der Waals surface area (Å²) in [6.45, 7) is 2.67. The van der Waals surface area contributed by atoms with Gasteiger partial charge < -0.3 is 24.4 Å². The van der Waals surface area contributed by atoms with Crippen LogP contribution in [0.4, 0.5) is 14.9 Å². The molecule has 0 unspecified atom stereocenters. The summed E-state index contributed by atoms with van der Waals surface area (Å²) in [5, 5.41) is 2.53. The van der Waals surface area contributed by atoms with Gasteiger partial charge in [0.1, 0.15) is 32.9 Å². The van der Waals surface area contributed by atoms with Crippen LogP contribution in [0.15, 0.2) is 66.3 Å². The van der Waals surface area contributed by atoms with Gasteiger partial charge in [-0.05, 0) is 78.7 Å². The number of aromatic amines is 1. The molecule has 7 rings (SSSR count). The third-order valence-corrected chi connectivity index (χ3v) is 10.5. The number of anilines is 1. The molecule has 2 aromatic carbocycles. The molecule has 3 aliphatic rings. The Morgan fingerprint density at radius 2 is 1.76 bits per heavy atom. The number of nitrogens with zero attached hydrogens (tertiary/aromatic N) is 2. The molecule has 0 radical (unpaired) electrons. The molecule has 0 saturated carbocycles. The lowest BCUT2D eigenvalue weighted by Crippen LogP contribution is -2.53. The fourth-order valence-corrected chi connectivity index (χ4v) is 7.55. The smallest absolute Gasteiger partial charge is 0.415 e. The van der Waals surface area contributed by atoms with Crippen LogP contribution in [0.25, 0.3) is 0 Å². The molecule has 0 aliphatic carbocycles. The van der Waals surface area contributed by atoms with Crippen molar-refractivity contribution in [3.63, 3.8) is 0 Å². The number of pyridine rings is 1. The highest BCUT2D eigenvalue weighted by atomic mass is 35.5. The number of para-hydroxylation sites is 1. The van der Waals surface area contributed by atoms with E-state index in [0.717, 1.165) is 37.3 Å². The Bertz CT molecular complexity index is 1770. The zero-order valence-corrected chi connectivity index (χ0v) is 29.2. The number of ether oxygens (including phenoxy) is 4. The number of hydrogen-bond donors (Lipinski definition) is 0. The number of thiophene rings is 1. The Morgan fingerprint density at radius 3 is 2.41 bits per heavy atom. The first kappa shape index (κ1) is 36.3. The number of benzene rings is 2. The van der Waals surface area contributed by atoms with Crippen LogP contribution in [-0.4, -0.2) is 62.4 Å². The molecule has 2 bridgehead atoms. The molecule has 4 aromatic rings. The minimum atomic E-state index is -0.799. The number of esters is 1. The number of amides is 1. The molecule has 260 valence electrons. The summed E-state index contributed by atoms with van der Waals surface area (Å²) in [6, 6.07) is 13.0. The fourth-order valence-electron chi connectivity index (χ4n) is 6.23. The van der Waals surface area contributed by atoms with E-state index >= 15 is 4.39 Å². The normalized spacial score (nSPS) is 18.6. The standard InChI is InChI=1S/C35H34Cl2FN3O6S.H2O/c1-44-29-8-7-23(14-31(29)45-2)30(15-24-25(36)16-39-17-26(24)37)46-34(42)33-13-21(20-48-33)18-41(28-6-4-3-5-27(28)38)35(43)47-32-19-40-11-9-22(32)10-12-40;/h3-8,13-14,16-17,20,22,30,32H,9-12,15,18-19H2,1-2H3;1H2/t30-,32-;/m0./s1. The minimum Gasteiger partial charge on any atom is -0.870 e. The Kier molecular flexibility index (Phi) is 12.0. The molecule has 49 heavy (non-hydrogen) atoms. The highest BCUT2D eigenvalue weighted by Crippen LogP contribution is 2.36. The van der Waals surface area contributed by atoms with Crippen LogP contribution in [0, 0.1) is 11.7 Å². The largest absolute Gasteiger partial charge is 0.870 e. The van der Waals surface area contributed by atoms with Crippen molar-refractivity contribution < 1.29 is 43.4 Å². The molecule has 0 spiro atoms. The lowest BCUT2D eigenvalue weighted by atomic mass is 9.86. The van der Waals surface area contributed by atoms with E-state index in [-0.39, 0.29) is 30.2 Å². The van der Waals surface area contributed by atoms with E-state index in [1.807, 2.05) is 0 Å². The van der Waals surface area contributed by atoms with Gasteiger partial charge >= 0.3 is 12.1 Å². The zero-order chi connectivity index (χ0) is 33.8. The van der Waals surface area contributed by atoms with Gasteiger partial charge in [-0.1, -0.05) is 41.4 Å². The predicted molar refractivity (Wildman–Crippen MR) is 183 cm³/mol. The number of H-pyrrole nitrogens is 1. The first-order valence-corrected chi connectivity index (χ1v) is 17.2. The second-order valence-corrected chi connectivity index (χ2v) is 13.5. The third kappa shape index (κ3) is 8.27. The van der Waals surface area contributed by atoms with Crippen LogP contribution in [0.2, 0.25) is 10.0 Å². The maximum absolute atomic E-state index is 15.0. The van der Waals surface area contributed by atoms with Gasteiger partial charge in [0, 0.05) is 18.5 Å². The van der Waals surface area contributed by atoms with Gasteiger partial charge in [-0.25, -0.2) is 19.0 Å². The fraction of sp³-hybridized carbons (Fsp3) is 0.343. The number of carbonyl (C=O) groups excluding carboxylic acids is 2. The van der Waals surface area contributed by atoms with Crippen LogP contribution in [0.5, 0.6) is 11.5 Å². The topological polar surface area (TPSA) is 122 Å². The van der Waals surface area contributed by atoms with E-state index in [9.17, 15) is 9.59 Å². The average Bonchev–Trinajstić information content (AvgIpc) is 3.58. The van der Waals surface area contributed by atoms with Gasteiger partial charge in [0.05, 0.1) is 26.5 Å². The van der Waals surface area contributed by atoms with E-state index in [4.69, 9.17) is 42.1 Å². The molecular weight excluding hydrogens is 696 g/mol. The second-order valence-electron chi connectivity index (χ2n) is 11.8. The summed E-state index contributed by atoms with van der Waals surface area (Å²) in [7, 11) is 3.06. The maximum Gasteiger partial charge on any atom is 0.415 e. The highest BCUT2D eigenvalue weighted by molar-refractivity contribution is 7.12. The lowest BCUT2D eigenvalue weighted by molar-refractivity contribution is -0.377. The summed E-state index contributed by atoms with van der Waals surface area (Å²) in [4.78, 5) is 34.0. The second kappa shape index (κ2) is 16.2. The highest BCUT2D eigenvalue weighted by Gasteiger charge is 2.38. The van der Waals surface area contributed by atoms with Crippen LogP contribution in [0.3, 0.4) is 0 Å². The van der Waals surface area contributed by atoms with E-state index in [1.165, 1.54) is 25.2 Å². The van der Waals surface area contributed by atoms with E-state index in [1.54, 1.807) is 60.2 Å². The van der Waals surface area contributed by atoms with Gasteiger partial charge in [0.2, 0.25) is 0 Å². The summed E-state index contributed by atoms with van der Waals surface area (Å²) in [6.07, 6.45) is 3.65. The first-order valence-electron chi connectivity index (χ1n) is 15.5. The molecule has 3 fully saturated rings. The molecule has 14 heteroatoms. The van der Waals surface area contributed by atoms with Gasteiger partial charge in [0.25, 0.3) is 0 Å². The number of methoxy groups -OCH3 is 2. The minimum absolute atomic E-state index is 0. The summed E-state index contributed by atoms with van der Waals surface area (Å²) < 4.78 is 38.0. The summed E-state index contributed by atoms with van der Waals surface area (Å²) in [5.41, 5.74) is 1.95. The van der Waals surface area contributed by atoms with Crippen LogP contribution in [-0.2, 0) is 22.4 Å². The van der Waals surface area contributed by atoms with Crippen LogP contribution >= 0.6 is 34.5 Å². The average molecular weight is 733 g/mol. The Hall–Kier alpha value is -3.94. The molecular formula is C35H36Cl2FN3O7S. The molecule has 1 amide bonds. The van der Waals surface area contributed by atoms with Crippen molar-refractivity contribution in [1.82, 2.24) is 4.90 Å². The predicted octanol–water partition coefficient (Wildman–Crippen LogP) is 7.23. The number of carbonyl (C=O) groups is 2. The van der Waals surface area contributed by atoms with Crippen molar-refractivity contribution in [3.05, 3.63) is 104 Å². The van der Waals surface area contributed by atoms with Crippen molar-refractivity contribution in [2.45, 2.75) is 38.0 Å². The number of nitrogens with one attached hydrogen (secondary N) is 1. The number of aromatic nitrogens is 1. The molecule has 2 aromatic heterocycles. The lowest BCUT2D eigenvalue weighted by Gasteiger charge is -2.44. The van der Waals surface area contributed by atoms with Gasteiger partial charge in [-0.3, -0.25) is 9.80 Å². The molecule has 5 heterocycles. The Balaban J connectivity index is 0.00000468. The SMILES string of the molecule is COc1ccc([C@H](Cc2c(Cl)c[nH+]cc2Cl)OC(=O)c2cc(CN(C(=O)O[C@H]3CN4CCC3CC4)c3ccccc3F)cs2)cc1OC.[OH-]. The number of fused-ring (bicyclic) bond motifs is 3. The van der Waals surface area contributed by atoms with Gasteiger partial charge in [0.15, 0.2) is 23.9 Å². The van der Waals surface area contributed by atoms with Crippen LogP contribution < -0.4 is 19.4 Å². The first-order chi connectivity index (χ1) is 23.2. The summed E-state index contributed by atoms with van der Waals surface area (Å²) in [5.74, 6) is 0.138. The molecule has 3 saturated heterocycles. The van der Waals surface area contributed by atoms with Crippen molar-refractivity contribution in [2.75, 3.05) is 38.8 Å². The molecule has 2 atom stereocenters. The summed E-state index contributed by atoms with van der Waals surface area (Å²) >= 11 is 14.1. The molecule has 10 nitrogen and oxygen atoms in total. The van der Waals surface area contributed by atoms with Crippen molar-refractivity contribution >= 4 is 52.3 Å². The van der Waals surface area contributed by atoms with E-state index in [0.29, 0.717) is 55.6 Å². The van der Waals surface area contributed by atoms with E-state index in [2.05, 4.69) is 9.88 Å². The number of rotatable bonds is 11. The van der Waals surface area contributed by atoms with Crippen molar-refractivity contribution in [1.29, 1.82) is 0 Å².